The Morgan fingerprint density at radius 2 is 1.95 bits per heavy atom. The van der Waals surface area contributed by atoms with E-state index in [0.717, 1.165) is 26.1 Å². The summed E-state index contributed by atoms with van der Waals surface area (Å²) in [5, 5.41) is 3.47. The fourth-order valence-corrected chi connectivity index (χ4v) is 3.12. The SMILES string of the molecule is CNC(c1cccc(C)c1C)C1(OC)CCOCC1. The van der Waals surface area contributed by atoms with Crippen molar-refractivity contribution in [3.05, 3.63) is 34.9 Å². The van der Waals surface area contributed by atoms with Crippen molar-refractivity contribution < 1.29 is 9.47 Å². The van der Waals surface area contributed by atoms with E-state index in [1.54, 1.807) is 0 Å². The van der Waals surface area contributed by atoms with Crippen LogP contribution in [0.15, 0.2) is 18.2 Å². The molecule has 1 fully saturated rings. The maximum absolute atomic E-state index is 5.94. The van der Waals surface area contributed by atoms with E-state index in [1.165, 1.54) is 16.7 Å². The molecule has 0 amide bonds. The van der Waals surface area contributed by atoms with E-state index in [0.29, 0.717) is 0 Å². The second-order valence-electron chi connectivity index (χ2n) is 5.39. The van der Waals surface area contributed by atoms with Crippen LogP contribution in [0.3, 0.4) is 0 Å². The van der Waals surface area contributed by atoms with Gasteiger partial charge < -0.3 is 14.8 Å². The first-order chi connectivity index (χ1) is 9.14. The molecule has 1 heterocycles. The minimum absolute atomic E-state index is 0.161. The molecule has 19 heavy (non-hydrogen) atoms. The lowest BCUT2D eigenvalue weighted by Crippen LogP contribution is -2.48. The van der Waals surface area contributed by atoms with E-state index in [1.807, 2.05) is 14.2 Å². The highest BCUT2D eigenvalue weighted by atomic mass is 16.5. The van der Waals surface area contributed by atoms with Gasteiger partial charge >= 0.3 is 0 Å². The number of rotatable bonds is 4. The monoisotopic (exact) mass is 263 g/mol. The van der Waals surface area contributed by atoms with Crippen molar-refractivity contribution in [1.82, 2.24) is 5.32 Å². The number of benzene rings is 1. The van der Waals surface area contributed by atoms with Crippen LogP contribution >= 0.6 is 0 Å². The van der Waals surface area contributed by atoms with Crippen LogP contribution in [-0.2, 0) is 9.47 Å². The molecule has 106 valence electrons. The Bertz CT molecular complexity index is 425. The molecule has 1 aliphatic rings. The molecule has 1 unspecified atom stereocenters. The zero-order valence-electron chi connectivity index (χ0n) is 12.5. The molecule has 0 aromatic heterocycles. The zero-order chi connectivity index (χ0) is 13.9. The van der Waals surface area contributed by atoms with Crippen molar-refractivity contribution in [2.45, 2.75) is 38.3 Å². The smallest absolute Gasteiger partial charge is 0.0916 e. The lowest BCUT2D eigenvalue weighted by molar-refractivity contribution is -0.110. The Morgan fingerprint density at radius 3 is 2.53 bits per heavy atom. The number of hydrogen-bond donors (Lipinski definition) is 1. The summed E-state index contributed by atoms with van der Waals surface area (Å²) in [6.07, 6.45) is 1.87. The highest BCUT2D eigenvalue weighted by Gasteiger charge is 2.41. The molecule has 3 heteroatoms. The van der Waals surface area contributed by atoms with E-state index in [9.17, 15) is 0 Å². The Labute approximate surface area is 116 Å². The zero-order valence-corrected chi connectivity index (χ0v) is 12.5. The van der Waals surface area contributed by atoms with E-state index in [2.05, 4.69) is 37.4 Å². The molecule has 1 aromatic rings. The van der Waals surface area contributed by atoms with Crippen molar-refractivity contribution in [1.29, 1.82) is 0 Å². The van der Waals surface area contributed by atoms with Gasteiger partial charge in [0.05, 0.1) is 11.6 Å². The molecule has 0 aliphatic carbocycles. The third kappa shape index (κ3) is 2.69. The average Bonchev–Trinajstić information content (AvgIpc) is 2.45. The van der Waals surface area contributed by atoms with E-state index < -0.39 is 0 Å². The topological polar surface area (TPSA) is 30.5 Å². The molecule has 1 aromatic carbocycles. The van der Waals surface area contributed by atoms with Gasteiger partial charge in [-0.15, -0.1) is 0 Å². The van der Waals surface area contributed by atoms with Crippen molar-refractivity contribution >= 4 is 0 Å². The lowest BCUT2D eigenvalue weighted by Gasteiger charge is -2.43. The van der Waals surface area contributed by atoms with Gasteiger partial charge in [0.1, 0.15) is 0 Å². The first-order valence-electron chi connectivity index (χ1n) is 7.01. The van der Waals surface area contributed by atoms with Gasteiger partial charge in [0.15, 0.2) is 0 Å². The van der Waals surface area contributed by atoms with Gasteiger partial charge in [-0.1, -0.05) is 18.2 Å². The van der Waals surface area contributed by atoms with Gasteiger partial charge in [0.25, 0.3) is 0 Å². The number of aryl methyl sites for hydroxylation is 1. The second kappa shape index (κ2) is 6.04. The third-order valence-electron chi connectivity index (χ3n) is 4.52. The molecule has 0 bridgehead atoms. The Balaban J connectivity index is 2.40. The summed E-state index contributed by atoms with van der Waals surface area (Å²) in [6.45, 7) is 5.90. The van der Waals surface area contributed by atoms with Crippen LogP contribution in [0.4, 0.5) is 0 Å². The Hall–Kier alpha value is -0.900. The Morgan fingerprint density at radius 1 is 1.26 bits per heavy atom. The fourth-order valence-electron chi connectivity index (χ4n) is 3.12. The highest BCUT2D eigenvalue weighted by Crippen LogP contribution is 2.38. The first kappa shape index (κ1) is 14.5. The molecule has 0 spiro atoms. The predicted octanol–water partition coefficient (Wildman–Crippen LogP) is 2.76. The minimum atomic E-state index is -0.161. The van der Waals surface area contributed by atoms with Gasteiger partial charge in [-0.3, -0.25) is 0 Å². The number of likely N-dealkylation sites (N-methyl/N-ethyl adjacent to an activating group) is 1. The first-order valence-corrected chi connectivity index (χ1v) is 7.01. The fraction of sp³-hybridized carbons (Fsp3) is 0.625. The molecule has 1 saturated heterocycles. The normalized spacial score (nSPS) is 20.2. The third-order valence-corrected chi connectivity index (χ3v) is 4.52. The summed E-state index contributed by atoms with van der Waals surface area (Å²) in [5.74, 6) is 0. The van der Waals surface area contributed by atoms with Crippen molar-refractivity contribution in [2.75, 3.05) is 27.4 Å². The molecule has 1 aliphatic heterocycles. The van der Waals surface area contributed by atoms with Crippen LogP contribution in [0.25, 0.3) is 0 Å². The number of hydrogen-bond acceptors (Lipinski definition) is 3. The van der Waals surface area contributed by atoms with Gasteiger partial charge in [-0.2, -0.15) is 0 Å². The molecular weight excluding hydrogens is 238 g/mol. The average molecular weight is 263 g/mol. The molecule has 3 nitrogen and oxygen atoms in total. The van der Waals surface area contributed by atoms with Crippen LogP contribution < -0.4 is 5.32 Å². The van der Waals surface area contributed by atoms with E-state index >= 15 is 0 Å². The summed E-state index contributed by atoms with van der Waals surface area (Å²) < 4.78 is 11.4. The van der Waals surface area contributed by atoms with Crippen LogP contribution in [0, 0.1) is 13.8 Å². The van der Waals surface area contributed by atoms with Crippen LogP contribution in [-0.4, -0.2) is 33.0 Å². The van der Waals surface area contributed by atoms with Crippen LogP contribution in [0.5, 0.6) is 0 Å². The number of ether oxygens (including phenoxy) is 2. The van der Waals surface area contributed by atoms with E-state index in [-0.39, 0.29) is 11.6 Å². The quantitative estimate of drug-likeness (QED) is 0.906. The predicted molar refractivity (Wildman–Crippen MR) is 77.5 cm³/mol. The van der Waals surface area contributed by atoms with E-state index in [4.69, 9.17) is 9.47 Å². The minimum Gasteiger partial charge on any atom is -0.381 e. The van der Waals surface area contributed by atoms with Gasteiger partial charge in [0.2, 0.25) is 0 Å². The summed E-state index contributed by atoms with van der Waals surface area (Å²) in [7, 11) is 3.84. The summed E-state index contributed by atoms with van der Waals surface area (Å²) in [6, 6.07) is 6.71. The molecule has 2 rings (SSSR count). The molecule has 1 atom stereocenters. The largest absolute Gasteiger partial charge is 0.381 e. The molecule has 1 N–H and O–H groups in total. The van der Waals surface area contributed by atoms with Crippen LogP contribution in [0.2, 0.25) is 0 Å². The second-order valence-corrected chi connectivity index (χ2v) is 5.39. The van der Waals surface area contributed by atoms with Gasteiger partial charge in [-0.25, -0.2) is 0 Å². The lowest BCUT2D eigenvalue weighted by atomic mass is 9.80. The summed E-state index contributed by atoms with van der Waals surface area (Å²) in [4.78, 5) is 0. The highest BCUT2D eigenvalue weighted by molar-refractivity contribution is 5.37. The molecule has 0 radical (unpaired) electrons. The van der Waals surface area contributed by atoms with Gasteiger partial charge in [-0.05, 0) is 37.6 Å². The maximum atomic E-state index is 5.94. The number of methoxy groups -OCH3 is 1. The molecule has 0 saturated carbocycles. The van der Waals surface area contributed by atoms with Crippen molar-refractivity contribution in [3.8, 4) is 0 Å². The van der Waals surface area contributed by atoms with Crippen molar-refractivity contribution in [2.24, 2.45) is 0 Å². The van der Waals surface area contributed by atoms with Crippen LogP contribution in [0.1, 0.15) is 35.6 Å². The van der Waals surface area contributed by atoms with Gasteiger partial charge in [0, 0.05) is 33.2 Å². The standard InChI is InChI=1S/C16H25NO2/c1-12-6-5-7-14(13(12)2)15(17-3)16(18-4)8-10-19-11-9-16/h5-7,15,17H,8-11H2,1-4H3. The summed E-state index contributed by atoms with van der Waals surface area (Å²) >= 11 is 0. The Kier molecular flexibility index (Phi) is 4.61. The van der Waals surface area contributed by atoms with Crippen molar-refractivity contribution in [3.63, 3.8) is 0 Å². The number of nitrogens with one attached hydrogen (secondary N) is 1. The maximum Gasteiger partial charge on any atom is 0.0916 e. The summed E-state index contributed by atoms with van der Waals surface area (Å²) in [5.41, 5.74) is 3.86. The molecular formula is C16H25NO2.